The molecule has 1 rings (SSSR count). The highest BCUT2D eigenvalue weighted by atomic mass is 16.5. The second kappa shape index (κ2) is 8.19. The highest BCUT2D eigenvalue weighted by molar-refractivity contribution is 5.76. The highest BCUT2D eigenvalue weighted by Crippen LogP contribution is 2.12. The normalized spacial score (nSPS) is 11.7. The van der Waals surface area contributed by atoms with Crippen LogP contribution in [0.3, 0.4) is 0 Å². The fraction of sp³-hybridized carbons (Fsp3) is 0.467. The van der Waals surface area contributed by atoms with E-state index in [1.54, 1.807) is 6.92 Å². The van der Waals surface area contributed by atoms with Crippen LogP contribution in [0.25, 0.3) is 0 Å². The molecule has 0 fully saturated rings. The van der Waals surface area contributed by atoms with E-state index in [1.807, 2.05) is 31.2 Å². The maximum atomic E-state index is 11.6. The molecule has 1 unspecified atom stereocenters. The molecule has 110 valence electrons. The van der Waals surface area contributed by atoms with Crippen molar-refractivity contribution in [3.8, 4) is 5.75 Å². The number of carbonyl (C=O) groups is 2. The van der Waals surface area contributed by atoms with Crippen molar-refractivity contribution in [2.75, 3.05) is 6.61 Å². The Morgan fingerprint density at radius 2 is 2.10 bits per heavy atom. The van der Waals surface area contributed by atoms with Gasteiger partial charge in [0.05, 0.1) is 13.0 Å². The van der Waals surface area contributed by atoms with Gasteiger partial charge < -0.3 is 15.2 Å². The standard InChI is InChI=1S/C15H21NO4/c1-11-4-3-5-13(10-11)20-9-8-14(17)16-12(2)6-7-15(18)19/h3-5,10,12H,6-9H2,1-2H3,(H,16,17)(H,18,19). The maximum absolute atomic E-state index is 11.6. The Hall–Kier alpha value is -2.04. The third kappa shape index (κ3) is 6.78. The number of amides is 1. The van der Waals surface area contributed by atoms with E-state index in [0.717, 1.165) is 11.3 Å². The summed E-state index contributed by atoms with van der Waals surface area (Å²) in [6, 6.07) is 7.49. The minimum Gasteiger partial charge on any atom is -0.493 e. The van der Waals surface area contributed by atoms with Gasteiger partial charge in [0.2, 0.25) is 5.91 Å². The van der Waals surface area contributed by atoms with Gasteiger partial charge in [-0.25, -0.2) is 0 Å². The average Bonchev–Trinajstić information content (AvgIpc) is 2.36. The second-order valence-corrected chi connectivity index (χ2v) is 4.82. The Balaban J connectivity index is 2.21. The summed E-state index contributed by atoms with van der Waals surface area (Å²) in [5.41, 5.74) is 1.11. The molecular weight excluding hydrogens is 258 g/mol. The third-order valence-corrected chi connectivity index (χ3v) is 2.79. The number of hydrogen-bond donors (Lipinski definition) is 2. The number of carboxylic acid groups (broad SMARTS) is 1. The van der Waals surface area contributed by atoms with Crippen molar-refractivity contribution >= 4 is 11.9 Å². The van der Waals surface area contributed by atoms with Gasteiger partial charge in [-0.05, 0) is 38.0 Å². The molecular formula is C15H21NO4. The lowest BCUT2D eigenvalue weighted by Gasteiger charge is -2.13. The van der Waals surface area contributed by atoms with Crippen LogP contribution in [-0.4, -0.2) is 29.6 Å². The van der Waals surface area contributed by atoms with E-state index < -0.39 is 5.97 Å². The molecule has 1 amide bonds. The second-order valence-electron chi connectivity index (χ2n) is 4.82. The molecule has 5 heteroatoms. The van der Waals surface area contributed by atoms with E-state index in [-0.39, 0.29) is 24.8 Å². The van der Waals surface area contributed by atoms with Crippen molar-refractivity contribution in [3.63, 3.8) is 0 Å². The van der Waals surface area contributed by atoms with Crippen molar-refractivity contribution in [1.29, 1.82) is 0 Å². The summed E-state index contributed by atoms with van der Waals surface area (Å²) < 4.78 is 5.48. The SMILES string of the molecule is Cc1cccc(OCCC(=O)NC(C)CCC(=O)O)c1. The molecule has 2 N–H and O–H groups in total. The van der Waals surface area contributed by atoms with Gasteiger partial charge >= 0.3 is 5.97 Å². The van der Waals surface area contributed by atoms with Crippen molar-refractivity contribution in [2.45, 2.75) is 39.2 Å². The fourth-order valence-corrected chi connectivity index (χ4v) is 1.73. The molecule has 0 aromatic heterocycles. The van der Waals surface area contributed by atoms with Gasteiger partial charge in [-0.1, -0.05) is 12.1 Å². The summed E-state index contributed by atoms with van der Waals surface area (Å²) in [5, 5.41) is 11.3. The zero-order valence-electron chi connectivity index (χ0n) is 11.9. The van der Waals surface area contributed by atoms with Gasteiger partial charge in [0, 0.05) is 12.5 Å². The molecule has 0 bridgehead atoms. The number of aliphatic carboxylic acids is 1. The van der Waals surface area contributed by atoms with E-state index in [4.69, 9.17) is 9.84 Å². The molecule has 0 radical (unpaired) electrons. The van der Waals surface area contributed by atoms with E-state index in [9.17, 15) is 9.59 Å². The molecule has 5 nitrogen and oxygen atoms in total. The zero-order chi connectivity index (χ0) is 15.0. The molecule has 0 aliphatic rings. The quantitative estimate of drug-likeness (QED) is 0.764. The summed E-state index contributed by atoms with van der Waals surface area (Å²) in [7, 11) is 0. The molecule has 0 saturated carbocycles. The predicted octanol–water partition coefficient (Wildman–Crippen LogP) is 2.13. The number of aryl methyl sites for hydroxylation is 1. The first-order chi connectivity index (χ1) is 9.47. The summed E-state index contributed by atoms with van der Waals surface area (Å²) in [5.74, 6) is -0.235. The highest BCUT2D eigenvalue weighted by Gasteiger charge is 2.09. The van der Waals surface area contributed by atoms with E-state index in [2.05, 4.69) is 5.32 Å². The lowest BCUT2D eigenvalue weighted by molar-refractivity contribution is -0.137. The van der Waals surface area contributed by atoms with Crippen molar-refractivity contribution in [1.82, 2.24) is 5.32 Å². The number of ether oxygens (including phenoxy) is 1. The lowest BCUT2D eigenvalue weighted by Crippen LogP contribution is -2.33. The summed E-state index contributed by atoms with van der Waals surface area (Å²) in [4.78, 5) is 22.0. The van der Waals surface area contributed by atoms with Crippen LogP contribution in [0.5, 0.6) is 5.75 Å². The van der Waals surface area contributed by atoms with Crippen molar-refractivity contribution in [2.24, 2.45) is 0 Å². The lowest BCUT2D eigenvalue weighted by atomic mass is 10.2. The molecule has 0 aliphatic heterocycles. The van der Waals surface area contributed by atoms with E-state index in [0.29, 0.717) is 13.0 Å². The summed E-state index contributed by atoms with van der Waals surface area (Å²) in [6.45, 7) is 4.08. The third-order valence-electron chi connectivity index (χ3n) is 2.79. The zero-order valence-corrected chi connectivity index (χ0v) is 11.9. The minimum absolute atomic E-state index is 0.0568. The van der Waals surface area contributed by atoms with Crippen LogP contribution in [0.1, 0.15) is 31.7 Å². The molecule has 1 aromatic rings. The Morgan fingerprint density at radius 1 is 1.35 bits per heavy atom. The van der Waals surface area contributed by atoms with Crippen LogP contribution in [-0.2, 0) is 9.59 Å². The summed E-state index contributed by atoms with van der Waals surface area (Å²) in [6.07, 6.45) is 0.742. The van der Waals surface area contributed by atoms with Crippen molar-refractivity contribution < 1.29 is 19.4 Å². The Labute approximate surface area is 118 Å². The van der Waals surface area contributed by atoms with Crippen LogP contribution in [0.15, 0.2) is 24.3 Å². The van der Waals surface area contributed by atoms with Gasteiger partial charge in [-0.2, -0.15) is 0 Å². The first-order valence-corrected chi connectivity index (χ1v) is 6.68. The number of carboxylic acids is 1. The number of nitrogens with one attached hydrogen (secondary N) is 1. The van der Waals surface area contributed by atoms with Gasteiger partial charge in [0.25, 0.3) is 0 Å². The number of carbonyl (C=O) groups excluding carboxylic acids is 1. The van der Waals surface area contributed by atoms with E-state index >= 15 is 0 Å². The minimum atomic E-state index is -0.853. The van der Waals surface area contributed by atoms with Gasteiger partial charge in [0.1, 0.15) is 5.75 Å². The number of rotatable bonds is 8. The largest absolute Gasteiger partial charge is 0.493 e. The first-order valence-electron chi connectivity index (χ1n) is 6.68. The van der Waals surface area contributed by atoms with Crippen LogP contribution in [0.2, 0.25) is 0 Å². The predicted molar refractivity (Wildman–Crippen MR) is 75.8 cm³/mol. The molecule has 0 saturated heterocycles. The van der Waals surface area contributed by atoms with Crippen LogP contribution in [0, 0.1) is 6.92 Å². The first kappa shape index (κ1) is 16.0. The Morgan fingerprint density at radius 3 is 2.75 bits per heavy atom. The molecule has 0 heterocycles. The van der Waals surface area contributed by atoms with Crippen LogP contribution in [0.4, 0.5) is 0 Å². The number of hydrogen-bond acceptors (Lipinski definition) is 3. The maximum Gasteiger partial charge on any atom is 0.303 e. The van der Waals surface area contributed by atoms with Gasteiger partial charge in [0.15, 0.2) is 0 Å². The topological polar surface area (TPSA) is 75.6 Å². The van der Waals surface area contributed by atoms with Crippen LogP contribution >= 0.6 is 0 Å². The fourth-order valence-electron chi connectivity index (χ4n) is 1.73. The van der Waals surface area contributed by atoms with Crippen molar-refractivity contribution in [3.05, 3.63) is 29.8 Å². The molecule has 1 atom stereocenters. The average molecular weight is 279 g/mol. The summed E-state index contributed by atoms with van der Waals surface area (Å²) >= 11 is 0. The Kier molecular flexibility index (Phi) is 6.56. The van der Waals surface area contributed by atoms with Gasteiger partial charge in [-0.3, -0.25) is 9.59 Å². The molecule has 1 aromatic carbocycles. The Bertz CT molecular complexity index is 459. The van der Waals surface area contributed by atoms with Crippen LogP contribution < -0.4 is 10.1 Å². The molecule has 20 heavy (non-hydrogen) atoms. The van der Waals surface area contributed by atoms with E-state index in [1.165, 1.54) is 0 Å². The molecule has 0 spiro atoms. The monoisotopic (exact) mass is 279 g/mol. The van der Waals surface area contributed by atoms with Gasteiger partial charge in [-0.15, -0.1) is 0 Å². The number of benzene rings is 1. The molecule has 0 aliphatic carbocycles. The smallest absolute Gasteiger partial charge is 0.303 e.